The van der Waals surface area contributed by atoms with Crippen molar-refractivity contribution in [1.82, 2.24) is 0 Å². The van der Waals surface area contributed by atoms with Crippen LogP contribution in [0.15, 0.2) is 47.1 Å². The van der Waals surface area contributed by atoms with Gasteiger partial charge in [-0.05, 0) is 30.2 Å². The minimum atomic E-state index is -0.541. The number of nitrogens with zero attached hydrogens (tertiary/aromatic N) is 1. The lowest BCUT2D eigenvalue weighted by Gasteiger charge is -2.06. The second kappa shape index (κ2) is 6.94. The molecular weight excluding hydrogens is 344 g/mol. The highest BCUT2D eigenvalue weighted by atomic mass is 35.5. The summed E-state index contributed by atoms with van der Waals surface area (Å²) < 4.78 is 5.48. The maximum Gasteiger partial charge on any atom is 0.271 e. The molecule has 25 heavy (non-hydrogen) atoms. The van der Waals surface area contributed by atoms with E-state index in [1.165, 1.54) is 18.2 Å². The zero-order chi connectivity index (χ0) is 18.0. The van der Waals surface area contributed by atoms with Crippen molar-refractivity contribution in [3.63, 3.8) is 0 Å². The van der Waals surface area contributed by atoms with Crippen LogP contribution in [0.5, 0.6) is 0 Å². The van der Waals surface area contributed by atoms with Crippen molar-refractivity contribution >= 4 is 39.9 Å². The summed E-state index contributed by atoms with van der Waals surface area (Å²) in [4.78, 5) is 22.5. The number of non-ortho nitro benzene ring substituents is 1. The van der Waals surface area contributed by atoms with Gasteiger partial charge < -0.3 is 9.73 Å². The van der Waals surface area contributed by atoms with E-state index >= 15 is 0 Å². The van der Waals surface area contributed by atoms with Gasteiger partial charge in [0.25, 0.3) is 5.69 Å². The number of nitro benzene ring substituents is 1. The van der Waals surface area contributed by atoms with E-state index in [1.54, 1.807) is 6.26 Å². The van der Waals surface area contributed by atoms with E-state index in [0.717, 1.165) is 28.5 Å². The first-order valence-electron chi connectivity index (χ1n) is 7.70. The predicted molar refractivity (Wildman–Crippen MR) is 96.0 cm³/mol. The highest BCUT2D eigenvalue weighted by Crippen LogP contribution is 2.27. The van der Waals surface area contributed by atoms with Gasteiger partial charge in [0, 0.05) is 23.1 Å². The smallest absolute Gasteiger partial charge is 0.271 e. The van der Waals surface area contributed by atoms with Crippen molar-refractivity contribution < 1.29 is 14.1 Å². The van der Waals surface area contributed by atoms with Crippen LogP contribution in [-0.4, -0.2) is 10.8 Å². The number of furan rings is 1. The Kier molecular flexibility index (Phi) is 4.72. The van der Waals surface area contributed by atoms with Gasteiger partial charge in [-0.25, -0.2) is 0 Å². The molecule has 1 aromatic heterocycles. The molecule has 0 aliphatic heterocycles. The molecule has 0 atom stereocenters. The van der Waals surface area contributed by atoms with Crippen LogP contribution in [0.4, 0.5) is 11.4 Å². The number of hydrogen-bond acceptors (Lipinski definition) is 4. The third-order valence-electron chi connectivity index (χ3n) is 3.91. The molecule has 0 aliphatic rings. The van der Waals surface area contributed by atoms with E-state index in [9.17, 15) is 14.9 Å². The van der Waals surface area contributed by atoms with Crippen LogP contribution < -0.4 is 5.32 Å². The van der Waals surface area contributed by atoms with Crippen molar-refractivity contribution in [2.24, 2.45) is 0 Å². The minimum Gasteiger partial charge on any atom is -0.464 e. The fourth-order valence-electron chi connectivity index (χ4n) is 2.57. The van der Waals surface area contributed by atoms with Gasteiger partial charge in [-0.1, -0.05) is 24.6 Å². The van der Waals surface area contributed by atoms with Crippen molar-refractivity contribution in [2.75, 3.05) is 5.32 Å². The number of amides is 1. The molecule has 1 heterocycles. The molecule has 3 rings (SSSR count). The molecule has 1 amide bonds. The normalized spacial score (nSPS) is 10.8. The Morgan fingerprint density at radius 1 is 1.28 bits per heavy atom. The van der Waals surface area contributed by atoms with Crippen molar-refractivity contribution in [3.05, 3.63) is 68.9 Å². The Morgan fingerprint density at radius 3 is 2.76 bits per heavy atom. The van der Waals surface area contributed by atoms with Crippen molar-refractivity contribution in [3.8, 4) is 0 Å². The number of nitrogens with one attached hydrogen (secondary N) is 1. The van der Waals surface area contributed by atoms with Gasteiger partial charge in [0.05, 0.1) is 28.3 Å². The summed E-state index contributed by atoms with van der Waals surface area (Å²) in [5, 5.41) is 14.4. The molecule has 128 valence electrons. The predicted octanol–water partition coefficient (Wildman–Crippen LogP) is 4.74. The van der Waals surface area contributed by atoms with Gasteiger partial charge in [-0.2, -0.15) is 0 Å². The number of nitro groups is 1. The zero-order valence-electron chi connectivity index (χ0n) is 13.4. The van der Waals surface area contributed by atoms with Crippen LogP contribution in [0.25, 0.3) is 11.0 Å². The lowest BCUT2D eigenvalue weighted by Crippen LogP contribution is -2.14. The molecule has 0 saturated heterocycles. The number of anilines is 1. The quantitative estimate of drug-likeness (QED) is 0.527. The third-order valence-corrected chi connectivity index (χ3v) is 4.23. The number of benzene rings is 2. The number of carbonyl (C=O) groups is 1. The summed E-state index contributed by atoms with van der Waals surface area (Å²) in [5.74, 6) is -0.277. The summed E-state index contributed by atoms with van der Waals surface area (Å²) in [5.41, 5.74) is 2.87. The Hall–Kier alpha value is -2.86. The zero-order valence-corrected chi connectivity index (χ0v) is 14.2. The average Bonchev–Trinajstić information content (AvgIpc) is 2.98. The summed E-state index contributed by atoms with van der Waals surface area (Å²) in [6.07, 6.45) is 2.58. The van der Waals surface area contributed by atoms with Crippen LogP contribution in [0.1, 0.15) is 18.1 Å². The van der Waals surface area contributed by atoms with E-state index in [2.05, 4.69) is 12.2 Å². The van der Waals surface area contributed by atoms with Gasteiger partial charge in [0.1, 0.15) is 5.58 Å². The van der Waals surface area contributed by atoms with E-state index in [4.69, 9.17) is 16.0 Å². The SMILES string of the molecule is CCc1ccc2occ(CC(=O)Nc3ccc([N+](=O)[O-])cc3Cl)c2c1. The van der Waals surface area contributed by atoms with Crippen LogP contribution in [0, 0.1) is 10.1 Å². The largest absolute Gasteiger partial charge is 0.464 e. The number of hydrogen-bond donors (Lipinski definition) is 1. The lowest BCUT2D eigenvalue weighted by atomic mass is 10.1. The number of rotatable bonds is 5. The topological polar surface area (TPSA) is 85.4 Å². The molecular formula is C18H15ClN2O4. The molecule has 7 heteroatoms. The Bertz CT molecular complexity index is 965. The first-order chi connectivity index (χ1) is 12.0. The molecule has 0 bridgehead atoms. The first-order valence-corrected chi connectivity index (χ1v) is 8.08. The first kappa shape index (κ1) is 17.0. The summed E-state index contributed by atoms with van der Waals surface area (Å²) in [6.45, 7) is 2.06. The lowest BCUT2D eigenvalue weighted by molar-refractivity contribution is -0.384. The maximum atomic E-state index is 12.3. The second-order valence-corrected chi connectivity index (χ2v) is 6.00. The Labute approximate surface area is 148 Å². The monoisotopic (exact) mass is 358 g/mol. The number of fused-ring (bicyclic) bond motifs is 1. The van der Waals surface area contributed by atoms with Gasteiger partial charge in [-0.3, -0.25) is 14.9 Å². The average molecular weight is 359 g/mol. The van der Waals surface area contributed by atoms with Gasteiger partial charge >= 0.3 is 0 Å². The fraction of sp³-hybridized carbons (Fsp3) is 0.167. The summed E-state index contributed by atoms with van der Waals surface area (Å²) in [6, 6.07) is 9.82. The van der Waals surface area contributed by atoms with E-state index < -0.39 is 4.92 Å². The van der Waals surface area contributed by atoms with Crippen LogP contribution >= 0.6 is 11.6 Å². The standard InChI is InChI=1S/C18H15ClN2O4/c1-2-11-3-6-17-14(7-11)12(10-25-17)8-18(22)20-16-5-4-13(21(23)24)9-15(16)19/h3-7,9-10H,2,8H2,1H3,(H,20,22). The number of carbonyl (C=O) groups excluding carboxylic acids is 1. The van der Waals surface area contributed by atoms with Crippen LogP contribution in [0.2, 0.25) is 5.02 Å². The van der Waals surface area contributed by atoms with Crippen LogP contribution in [0.3, 0.4) is 0 Å². The van der Waals surface area contributed by atoms with Gasteiger partial charge in [-0.15, -0.1) is 0 Å². The van der Waals surface area contributed by atoms with E-state index in [1.807, 2.05) is 18.2 Å². The third kappa shape index (κ3) is 3.64. The number of aryl methyl sites for hydroxylation is 1. The molecule has 3 aromatic rings. The highest BCUT2D eigenvalue weighted by Gasteiger charge is 2.14. The molecule has 6 nitrogen and oxygen atoms in total. The molecule has 0 aliphatic carbocycles. The van der Waals surface area contributed by atoms with Crippen LogP contribution in [-0.2, 0) is 17.6 Å². The maximum absolute atomic E-state index is 12.3. The van der Waals surface area contributed by atoms with Gasteiger partial charge in [0.15, 0.2) is 0 Å². The molecule has 0 fully saturated rings. The van der Waals surface area contributed by atoms with Crippen molar-refractivity contribution in [1.29, 1.82) is 0 Å². The minimum absolute atomic E-state index is 0.118. The van der Waals surface area contributed by atoms with E-state index in [0.29, 0.717) is 5.69 Å². The second-order valence-electron chi connectivity index (χ2n) is 5.59. The van der Waals surface area contributed by atoms with Crippen molar-refractivity contribution in [2.45, 2.75) is 19.8 Å². The Morgan fingerprint density at radius 2 is 2.08 bits per heavy atom. The van der Waals surface area contributed by atoms with E-state index in [-0.39, 0.29) is 23.0 Å². The molecule has 0 unspecified atom stereocenters. The molecule has 0 saturated carbocycles. The summed E-state index contributed by atoms with van der Waals surface area (Å²) >= 11 is 6.00. The molecule has 2 aromatic carbocycles. The number of halogens is 1. The highest BCUT2D eigenvalue weighted by molar-refractivity contribution is 6.34. The fourth-order valence-corrected chi connectivity index (χ4v) is 2.79. The molecule has 1 N–H and O–H groups in total. The molecule has 0 spiro atoms. The molecule has 0 radical (unpaired) electrons. The van der Waals surface area contributed by atoms with Gasteiger partial charge in [0.2, 0.25) is 5.91 Å². The summed E-state index contributed by atoms with van der Waals surface area (Å²) in [7, 11) is 0. The Balaban J connectivity index is 1.78.